The van der Waals surface area contributed by atoms with Crippen molar-refractivity contribution in [1.82, 2.24) is 4.98 Å². The van der Waals surface area contributed by atoms with E-state index in [-0.39, 0.29) is 18.9 Å². The Bertz CT molecular complexity index is 403. The van der Waals surface area contributed by atoms with Gasteiger partial charge in [-0.25, -0.2) is 0 Å². The fourth-order valence-corrected chi connectivity index (χ4v) is 1.11. The summed E-state index contributed by atoms with van der Waals surface area (Å²) in [6.45, 7) is 0. The Morgan fingerprint density at radius 3 is 3.00 bits per heavy atom. The zero-order chi connectivity index (χ0) is 8.39. The van der Waals surface area contributed by atoms with E-state index in [9.17, 15) is 0 Å². The Kier molecular flexibility index (Phi) is 3.36. The molecule has 0 saturated carbocycles. The SMILES string of the molecule is COc1ccc2ncc[c-]c2c1.[Li+]. The molecule has 0 saturated heterocycles. The smallest absolute Gasteiger partial charge is 0.507 e. The molecule has 1 heterocycles. The molecular formula is C10H8LiNO. The first kappa shape index (κ1) is 10.1. The Balaban J connectivity index is 0.000000845. The molecule has 0 radical (unpaired) electrons. The van der Waals surface area contributed by atoms with Gasteiger partial charge in [0.1, 0.15) is 0 Å². The molecule has 0 aliphatic carbocycles. The van der Waals surface area contributed by atoms with Crippen LogP contribution in [0, 0.1) is 6.07 Å². The first-order valence-corrected chi connectivity index (χ1v) is 3.70. The number of rotatable bonds is 1. The molecule has 0 bridgehead atoms. The van der Waals surface area contributed by atoms with Crippen molar-refractivity contribution in [2.75, 3.05) is 7.11 Å². The maximum absolute atomic E-state index is 5.07. The monoisotopic (exact) mass is 165 g/mol. The fourth-order valence-electron chi connectivity index (χ4n) is 1.11. The van der Waals surface area contributed by atoms with E-state index < -0.39 is 0 Å². The number of pyridine rings is 1. The first-order valence-electron chi connectivity index (χ1n) is 3.70. The van der Waals surface area contributed by atoms with Crippen LogP contribution >= 0.6 is 0 Å². The average Bonchev–Trinajstić information content (AvgIpc) is 2.17. The van der Waals surface area contributed by atoms with Gasteiger partial charge in [0.05, 0.1) is 12.9 Å². The number of ether oxygens (including phenoxy) is 1. The average molecular weight is 165 g/mol. The van der Waals surface area contributed by atoms with Crippen molar-refractivity contribution >= 4 is 10.9 Å². The third-order valence-corrected chi connectivity index (χ3v) is 1.73. The van der Waals surface area contributed by atoms with E-state index in [1.54, 1.807) is 19.4 Å². The molecule has 13 heavy (non-hydrogen) atoms. The van der Waals surface area contributed by atoms with E-state index >= 15 is 0 Å². The van der Waals surface area contributed by atoms with Gasteiger partial charge in [0.2, 0.25) is 0 Å². The summed E-state index contributed by atoms with van der Waals surface area (Å²) in [7, 11) is 1.65. The zero-order valence-corrected chi connectivity index (χ0v) is 7.74. The minimum Gasteiger partial charge on any atom is -0.507 e. The molecular weight excluding hydrogens is 157 g/mol. The van der Waals surface area contributed by atoms with Crippen LogP contribution in [0.4, 0.5) is 0 Å². The molecule has 0 spiro atoms. The van der Waals surface area contributed by atoms with Gasteiger partial charge in [-0.1, -0.05) is 18.3 Å². The van der Waals surface area contributed by atoms with Gasteiger partial charge in [0.15, 0.2) is 0 Å². The summed E-state index contributed by atoms with van der Waals surface area (Å²) in [5, 5.41) is 0.983. The molecule has 0 amide bonds. The van der Waals surface area contributed by atoms with Crippen molar-refractivity contribution in [2.24, 2.45) is 0 Å². The van der Waals surface area contributed by atoms with Crippen LogP contribution in [-0.2, 0) is 0 Å². The van der Waals surface area contributed by atoms with Crippen molar-refractivity contribution in [3.63, 3.8) is 0 Å². The third kappa shape index (κ3) is 2.03. The number of methoxy groups -OCH3 is 1. The molecule has 2 aromatic rings. The van der Waals surface area contributed by atoms with Gasteiger partial charge in [-0.15, -0.1) is 17.5 Å². The number of benzene rings is 1. The van der Waals surface area contributed by atoms with Crippen LogP contribution in [0.5, 0.6) is 5.75 Å². The Hall–Kier alpha value is -0.973. The van der Waals surface area contributed by atoms with Crippen molar-refractivity contribution in [2.45, 2.75) is 0 Å². The Morgan fingerprint density at radius 1 is 1.38 bits per heavy atom. The van der Waals surface area contributed by atoms with Crippen LogP contribution in [0.2, 0.25) is 0 Å². The zero-order valence-electron chi connectivity index (χ0n) is 7.74. The molecule has 2 nitrogen and oxygen atoms in total. The molecule has 0 aliphatic rings. The second-order valence-electron chi connectivity index (χ2n) is 2.47. The quantitative estimate of drug-likeness (QED) is 0.401. The summed E-state index contributed by atoms with van der Waals surface area (Å²) in [5.74, 6) is 0.840. The molecule has 0 atom stereocenters. The normalized spacial score (nSPS) is 9.31. The van der Waals surface area contributed by atoms with Gasteiger partial charge in [0.25, 0.3) is 0 Å². The number of fused-ring (bicyclic) bond motifs is 1. The van der Waals surface area contributed by atoms with Gasteiger partial charge < -0.3 is 9.72 Å². The predicted molar refractivity (Wildman–Crippen MR) is 47.1 cm³/mol. The maximum atomic E-state index is 5.07. The summed E-state index contributed by atoms with van der Waals surface area (Å²) in [4.78, 5) is 4.17. The summed E-state index contributed by atoms with van der Waals surface area (Å²) in [5.41, 5.74) is 0.943. The molecule has 0 unspecified atom stereocenters. The maximum Gasteiger partial charge on any atom is 1.00 e. The van der Waals surface area contributed by atoms with Gasteiger partial charge in [0, 0.05) is 0 Å². The largest absolute Gasteiger partial charge is 1.00 e. The second-order valence-corrected chi connectivity index (χ2v) is 2.47. The van der Waals surface area contributed by atoms with E-state index in [0.29, 0.717) is 0 Å². The van der Waals surface area contributed by atoms with E-state index in [0.717, 1.165) is 16.7 Å². The molecule has 3 heteroatoms. The topological polar surface area (TPSA) is 22.1 Å². The van der Waals surface area contributed by atoms with Crippen molar-refractivity contribution in [1.29, 1.82) is 0 Å². The van der Waals surface area contributed by atoms with Crippen LogP contribution in [0.3, 0.4) is 0 Å². The van der Waals surface area contributed by atoms with Crippen LogP contribution in [-0.4, -0.2) is 12.1 Å². The number of aromatic nitrogens is 1. The van der Waals surface area contributed by atoms with Gasteiger partial charge in [-0.3, -0.25) is 0 Å². The summed E-state index contributed by atoms with van der Waals surface area (Å²) >= 11 is 0. The van der Waals surface area contributed by atoms with Crippen LogP contribution in [0.15, 0.2) is 30.5 Å². The summed E-state index contributed by atoms with van der Waals surface area (Å²) in [6.07, 6.45) is 1.73. The molecule has 60 valence electrons. The molecule has 0 fully saturated rings. The minimum absolute atomic E-state index is 0. The van der Waals surface area contributed by atoms with Gasteiger partial charge in [-0.05, 0) is 11.6 Å². The van der Waals surface area contributed by atoms with E-state index in [1.807, 2.05) is 18.2 Å². The van der Waals surface area contributed by atoms with Crippen LogP contribution in [0.25, 0.3) is 10.9 Å². The van der Waals surface area contributed by atoms with Crippen molar-refractivity contribution in [3.05, 3.63) is 36.5 Å². The molecule has 0 N–H and O–H groups in total. The fraction of sp³-hybridized carbons (Fsp3) is 0.100. The van der Waals surface area contributed by atoms with E-state index in [1.165, 1.54) is 0 Å². The van der Waals surface area contributed by atoms with Crippen LogP contribution in [0.1, 0.15) is 0 Å². The molecule has 1 aromatic carbocycles. The second kappa shape index (κ2) is 4.32. The van der Waals surface area contributed by atoms with E-state index in [4.69, 9.17) is 4.74 Å². The van der Waals surface area contributed by atoms with Crippen molar-refractivity contribution in [3.8, 4) is 5.75 Å². The van der Waals surface area contributed by atoms with Crippen LogP contribution < -0.4 is 23.6 Å². The van der Waals surface area contributed by atoms with E-state index in [2.05, 4.69) is 11.1 Å². The summed E-state index contributed by atoms with van der Waals surface area (Å²) in [6, 6.07) is 10.6. The van der Waals surface area contributed by atoms with Crippen molar-refractivity contribution < 1.29 is 23.6 Å². The summed E-state index contributed by atoms with van der Waals surface area (Å²) < 4.78 is 5.07. The standard InChI is InChI=1S/C10H8NO.Li/c1-12-9-4-5-10-8(7-9)3-2-6-11-10;/h2,4-7H,1H3;/q-1;+1. The molecule has 0 aliphatic heterocycles. The minimum atomic E-state index is 0. The third-order valence-electron chi connectivity index (χ3n) is 1.73. The Labute approximate surface area is 89.1 Å². The molecule has 2 rings (SSSR count). The number of hydrogen-bond donors (Lipinski definition) is 0. The van der Waals surface area contributed by atoms with Gasteiger partial charge >= 0.3 is 18.9 Å². The van der Waals surface area contributed by atoms with Gasteiger partial charge in [-0.2, -0.15) is 0 Å². The number of hydrogen-bond acceptors (Lipinski definition) is 2. The molecule has 1 aromatic heterocycles. The first-order chi connectivity index (χ1) is 5.90. The predicted octanol–water partition coefficient (Wildman–Crippen LogP) is -0.952. The Morgan fingerprint density at radius 2 is 2.23 bits per heavy atom. The number of nitrogens with zero attached hydrogens (tertiary/aromatic N) is 1.